The number of rotatable bonds is 18. The van der Waals surface area contributed by atoms with E-state index in [2.05, 4.69) is 91.7 Å². The first-order chi connectivity index (χ1) is 22.1. The Bertz CT molecular complexity index is 1370. The summed E-state index contributed by atoms with van der Waals surface area (Å²) in [5.41, 5.74) is 6.69. The highest BCUT2D eigenvalue weighted by Crippen LogP contribution is 2.56. The Hall–Kier alpha value is -2.20. The van der Waals surface area contributed by atoms with Gasteiger partial charge < -0.3 is 19.7 Å². The third-order valence-electron chi connectivity index (χ3n) is 7.91. The van der Waals surface area contributed by atoms with E-state index in [0.717, 1.165) is 52.1 Å². The molecule has 1 aliphatic rings. The first-order valence-electron chi connectivity index (χ1n) is 15.4. The minimum atomic E-state index is -0.527. The summed E-state index contributed by atoms with van der Waals surface area (Å²) in [5, 5.41) is 20.8. The van der Waals surface area contributed by atoms with Crippen molar-refractivity contribution in [2.24, 2.45) is 0 Å². The van der Waals surface area contributed by atoms with E-state index in [-0.39, 0.29) is 13.2 Å². The smallest absolute Gasteiger partial charge is 0.119 e. The van der Waals surface area contributed by atoms with Crippen LogP contribution in [-0.2, 0) is 5.41 Å². The lowest BCUT2D eigenvalue weighted by molar-refractivity contribution is 0.126. The monoisotopic (exact) mass is 678 g/mol. The van der Waals surface area contributed by atoms with Crippen molar-refractivity contribution in [2.75, 3.05) is 54.0 Å². The topological polar surface area (TPSA) is 58.9 Å². The first-order valence-corrected chi connectivity index (χ1v) is 19.7. The second-order valence-electron chi connectivity index (χ2n) is 11.0. The lowest BCUT2D eigenvalue weighted by atomic mass is 9.68. The molecule has 0 heterocycles. The molecule has 2 unspecified atom stereocenters. The number of thioether (sulfide) groups is 3. The zero-order valence-corrected chi connectivity index (χ0v) is 29.0. The lowest BCUT2D eigenvalue weighted by Gasteiger charge is -2.34. The van der Waals surface area contributed by atoms with Gasteiger partial charge in [-0.1, -0.05) is 72.8 Å². The van der Waals surface area contributed by atoms with Crippen molar-refractivity contribution < 1.29 is 19.7 Å². The van der Waals surface area contributed by atoms with Crippen molar-refractivity contribution in [3.05, 3.63) is 119 Å². The second-order valence-corrected chi connectivity index (χ2v) is 14.8. The predicted molar refractivity (Wildman–Crippen MR) is 198 cm³/mol. The van der Waals surface area contributed by atoms with Gasteiger partial charge in [0.25, 0.3) is 0 Å². The standard InChI is InChI=1S/C37H42O4S4/c1-43-21-22-45-26-30(39)24-41-32-17-13-28(14-18-32)37(35-9-4-2-7-33(35)34-8-3-5-10-36(34)37)27-11-15-31(16-12-27)40-23-29(38)25-44-20-6-19-42/h2-5,7-18,29-30,38-39,42H,6,19-26H2,1H3. The summed E-state index contributed by atoms with van der Waals surface area (Å²) in [4.78, 5) is 0. The van der Waals surface area contributed by atoms with Crippen LogP contribution in [0, 0.1) is 0 Å². The van der Waals surface area contributed by atoms with Crippen LogP contribution >= 0.6 is 47.9 Å². The molecule has 0 amide bonds. The fraction of sp³-hybridized carbons (Fsp3) is 0.351. The van der Waals surface area contributed by atoms with Crippen molar-refractivity contribution in [2.45, 2.75) is 24.0 Å². The number of hydrogen-bond acceptors (Lipinski definition) is 8. The Morgan fingerprint density at radius 1 is 0.644 bits per heavy atom. The van der Waals surface area contributed by atoms with Gasteiger partial charge in [0.1, 0.15) is 24.7 Å². The summed E-state index contributed by atoms with van der Waals surface area (Å²) in [7, 11) is 0. The maximum Gasteiger partial charge on any atom is 0.119 e. The Morgan fingerprint density at radius 2 is 1.11 bits per heavy atom. The van der Waals surface area contributed by atoms with Crippen molar-refractivity contribution >= 4 is 47.9 Å². The van der Waals surface area contributed by atoms with E-state index in [9.17, 15) is 10.2 Å². The van der Waals surface area contributed by atoms with E-state index >= 15 is 0 Å². The Labute approximate surface area is 286 Å². The lowest BCUT2D eigenvalue weighted by Crippen LogP contribution is -2.28. The van der Waals surface area contributed by atoms with Crippen LogP contribution < -0.4 is 9.47 Å². The van der Waals surface area contributed by atoms with Crippen LogP contribution in [0.4, 0.5) is 0 Å². The average molecular weight is 679 g/mol. The number of hydrogen-bond donors (Lipinski definition) is 3. The maximum atomic E-state index is 10.4. The predicted octanol–water partition coefficient (Wildman–Crippen LogP) is 7.68. The minimum absolute atomic E-state index is 0.261. The Kier molecular flexibility index (Phi) is 13.0. The van der Waals surface area contributed by atoms with Crippen LogP contribution in [0.15, 0.2) is 97.1 Å². The fourth-order valence-corrected chi connectivity index (χ4v) is 8.78. The summed E-state index contributed by atoms with van der Waals surface area (Å²) < 4.78 is 12.0. The van der Waals surface area contributed by atoms with Crippen LogP contribution in [-0.4, -0.2) is 76.4 Å². The molecule has 4 aromatic rings. The molecule has 0 saturated heterocycles. The van der Waals surface area contributed by atoms with E-state index in [1.807, 2.05) is 36.0 Å². The SMILES string of the molecule is CSCCSCC(O)COc1ccc(C2(c3ccc(OCC(O)CSCCCS)cc3)c3ccccc3-c3ccccc32)cc1. The third-order valence-corrected chi connectivity index (χ3v) is 11.4. The van der Waals surface area contributed by atoms with Gasteiger partial charge in [-0.2, -0.15) is 47.9 Å². The van der Waals surface area contributed by atoms with Crippen molar-refractivity contribution in [3.8, 4) is 22.6 Å². The molecule has 4 nitrogen and oxygen atoms in total. The zero-order valence-electron chi connectivity index (χ0n) is 25.6. The van der Waals surface area contributed by atoms with E-state index in [1.165, 1.54) is 22.3 Å². The molecule has 0 saturated carbocycles. The van der Waals surface area contributed by atoms with Gasteiger partial charge >= 0.3 is 0 Å². The van der Waals surface area contributed by atoms with Crippen molar-refractivity contribution in [1.29, 1.82) is 0 Å². The fourth-order valence-electron chi connectivity index (χ4n) is 5.85. The van der Waals surface area contributed by atoms with Gasteiger partial charge in [0.2, 0.25) is 0 Å². The van der Waals surface area contributed by atoms with Gasteiger partial charge in [0, 0.05) is 23.0 Å². The molecule has 238 valence electrons. The highest BCUT2D eigenvalue weighted by molar-refractivity contribution is 8.02. The highest BCUT2D eigenvalue weighted by atomic mass is 32.2. The normalized spacial score (nSPS) is 14.4. The molecule has 0 bridgehead atoms. The molecule has 2 atom stereocenters. The van der Waals surface area contributed by atoms with Crippen molar-refractivity contribution in [1.82, 2.24) is 0 Å². The van der Waals surface area contributed by atoms with Crippen LogP contribution in [0.2, 0.25) is 0 Å². The van der Waals surface area contributed by atoms with E-state index < -0.39 is 17.6 Å². The van der Waals surface area contributed by atoms with Gasteiger partial charge in [-0.25, -0.2) is 0 Å². The average Bonchev–Trinajstić information content (AvgIpc) is 3.38. The van der Waals surface area contributed by atoms with Crippen LogP contribution in [0.3, 0.4) is 0 Å². The maximum absolute atomic E-state index is 10.4. The molecular weight excluding hydrogens is 637 g/mol. The first kappa shape index (κ1) is 34.1. The number of aliphatic hydroxyl groups excluding tert-OH is 2. The van der Waals surface area contributed by atoms with E-state index in [0.29, 0.717) is 11.5 Å². The van der Waals surface area contributed by atoms with E-state index in [1.54, 1.807) is 23.5 Å². The molecule has 0 aromatic heterocycles. The molecule has 2 N–H and O–H groups in total. The summed E-state index contributed by atoms with van der Waals surface area (Å²) >= 11 is 9.56. The van der Waals surface area contributed by atoms with Gasteiger partial charge in [0.15, 0.2) is 0 Å². The van der Waals surface area contributed by atoms with Gasteiger partial charge in [0.05, 0.1) is 17.6 Å². The molecule has 0 radical (unpaired) electrons. The number of thiol groups is 1. The molecule has 8 heteroatoms. The molecular formula is C37H42O4S4. The van der Waals surface area contributed by atoms with Gasteiger partial charge in [-0.15, -0.1) is 0 Å². The molecule has 4 aromatic carbocycles. The quantitative estimate of drug-likeness (QED) is 0.0650. The highest BCUT2D eigenvalue weighted by Gasteiger charge is 2.45. The zero-order chi connectivity index (χ0) is 31.5. The number of aliphatic hydroxyl groups is 2. The van der Waals surface area contributed by atoms with Crippen LogP contribution in [0.25, 0.3) is 11.1 Å². The van der Waals surface area contributed by atoms with Crippen LogP contribution in [0.5, 0.6) is 11.5 Å². The van der Waals surface area contributed by atoms with Gasteiger partial charge in [-0.3, -0.25) is 0 Å². The van der Waals surface area contributed by atoms with Crippen LogP contribution in [0.1, 0.15) is 28.7 Å². The summed E-state index contributed by atoms with van der Waals surface area (Å²) in [6, 6.07) is 34.0. The molecule has 0 spiro atoms. The summed E-state index contributed by atoms with van der Waals surface area (Å²) in [5.74, 6) is 6.78. The molecule has 0 aliphatic heterocycles. The Balaban J connectivity index is 1.40. The minimum Gasteiger partial charge on any atom is -0.491 e. The molecule has 0 fully saturated rings. The molecule has 45 heavy (non-hydrogen) atoms. The largest absolute Gasteiger partial charge is 0.491 e. The number of ether oxygens (including phenoxy) is 2. The number of fused-ring (bicyclic) bond motifs is 3. The number of benzene rings is 4. The van der Waals surface area contributed by atoms with E-state index in [4.69, 9.17) is 9.47 Å². The third kappa shape index (κ3) is 8.21. The van der Waals surface area contributed by atoms with Crippen molar-refractivity contribution in [3.63, 3.8) is 0 Å². The summed E-state index contributed by atoms with van der Waals surface area (Å²) in [6.45, 7) is 0.531. The Morgan fingerprint density at radius 3 is 1.58 bits per heavy atom. The van der Waals surface area contributed by atoms with Gasteiger partial charge in [-0.05, 0) is 81.8 Å². The molecule has 5 rings (SSSR count). The second kappa shape index (κ2) is 17.1. The molecule has 1 aliphatic carbocycles. The summed E-state index contributed by atoms with van der Waals surface area (Å²) in [6.07, 6.45) is 2.11.